The number of aromatic nitrogens is 2. The molecule has 0 radical (unpaired) electrons. The molecule has 7 nitrogen and oxygen atoms in total. The van der Waals surface area contributed by atoms with Crippen LogP contribution in [0.2, 0.25) is 0 Å². The molecule has 0 saturated carbocycles. The van der Waals surface area contributed by atoms with Crippen molar-refractivity contribution in [3.8, 4) is 5.88 Å². The topological polar surface area (TPSA) is 85.7 Å². The summed E-state index contributed by atoms with van der Waals surface area (Å²) in [6.07, 6.45) is 6.61. The molecule has 4 aromatic carbocycles. The van der Waals surface area contributed by atoms with Gasteiger partial charge >= 0.3 is 0 Å². The van der Waals surface area contributed by atoms with Crippen molar-refractivity contribution in [2.75, 3.05) is 13.1 Å². The third-order valence-corrected chi connectivity index (χ3v) is 9.36. The molecule has 7 heteroatoms. The molecular weight excluding hydrogens is 582 g/mol. The van der Waals surface area contributed by atoms with E-state index in [2.05, 4.69) is 69.2 Å². The van der Waals surface area contributed by atoms with Crippen molar-refractivity contribution in [2.45, 2.75) is 45.2 Å². The molecule has 47 heavy (non-hydrogen) atoms. The summed E-state index contributed by atoms with van der Waals surface area (Å²) in [5.74, 6) is -0.145. The molecule has 3 N–H and O–H groups in total. The van der Waals surface area contributed by atoms with Gasteiger partial charge in [-0.25, -0.2) is 4.99 Å². The van der Waals surface area contributed by atoms with Crippen molar-refractivity contribution >= 4 is 39.1 Å². The number of carbonyl (C=O) groups excluding carboxylic acids is 1. The lowest BCUT2D eigenvalue weighted by molar-refractivity contribution is 0.0935. The highest BCUT2D eigenvalue weighted by Gasteiger charge is 2.22. The number of H-pyrrole nitrogens is 1. The lowest BCUT2D eigenvalue weighted by Gasteiger charge is -2.26. The monoisotopic (exact) mass is 623 g/mol. The number of aromatic amines is 1. The van der Waals surface area contributed by atoms with E-state index in [1.54, 1.807) is 6.07 Å². The van der Waals surface area contributed by atoms with Crippen LogP contribution in [0.3, 0.4) is 0 Å². The molecule has 1 aliphatic rings. The van der Waals surface area contributed by atoms with Gasteiger partial charge in [0, 0.05) is 52.7 Å². The maximum absolute atomic E-state index is 13.6. The molecule has 1 amide bonds. The lowest BCUT2D eigenvalue weighted by Crippen LogP contribution is -2.28. The molecule has 3 heterocycles. The number of hydrogen-bond acceptors (Lipinski definition) is 4. The van der Waals surface area contributed by atoms with Crippen LogP contribution in [0, 0.1) is 0 Å². The van der Waals surface area contributed by atoms with Crippen LogP contribution in [0.1, 0.15) is 71.3 Å². The van der Waals surface area contributed by atoms with E-state index < -0.39 is 0 Å². The van der Waals surface area contributed by atoms with E-state index in [1.165, 1.54) is 24.8 Å². The number of carbonyl (C=O) groups is 1. The molecule has 0 unspecified atom stereocenters. The maximum Gasteiger partial charge on any atom is 0.251 e. The van der Waals surface area contributed by atoms with E-state index in [0.717, 1.165) is 64.7 Å². The second kappa shape index (κ2) is 13.3. The molecule has 6 aromatic rings. The second-order valence-corrected chi connectivity index (χ2v) is 12.6. The zero-order chi connectivity index (χ0) is 32.3. The number of amides is 1. The number of aromatic hydroxyl groups is 1. The number of fused-ring (bicyclic) bond motifs is 2. The first-order valence-electron chi connectivity index (χ1n) is 16.6. The minimum absolute atomic E-state index is 0.0182. The van der Waals surface area contributed by atoms with Gasteiger partial charge in [-0.1, -0.05) is 61.9 Å². The van der Waals surface area contributed by atoms with Crippen LogP contribution in [0.15, 0.2) is 108 Å². The van der Waals surface area contributed by atoms with Crippen LogP contribution in [-0.2, 0) is 13.6 Å². The first kappa shape index (κ1) is 30.5. The highest BCUT2D eigenvalue weighted by molar-refractivity contribution is 6.23. The molecular formula is C40H41N5O2. The van der Waals surface area contributed by atoms with Crippen LogP contribution in [0.5, 0.6) is 5.88 Å². The molecule has 1 aliphatic heterocycles. The van der Waals surface area contributed by atoms with E-state index in [1.807, 2.05) is 61.8 Å². The summed E-state index contributed by atoms with van der Waals surface area (Å²) in [4.78, 5) is 24.5. The normalized spacial score (nSPS) is 14.9. The van der Waals surface area contributed by atoms with Gasteiger partial charge in [-0.2, -0.15) is 0 Å². The number of likely N-dealkylation sites (tertiary alicyclic amines) is 1. The summed E-state index contributed by atoms with van der Waals surface area (Å²) in [5.41, 5.74) is 7.57. The third-order valence-electron chi connectivity index (χ3n) is 9.36. The molecule has 2 aromatic heterocycles. The van der Waals surface area contributed by atoms with E-state index in [-0.39, 0.29) is 17.8 Å². The van der Waals surface area contributed by atoms with Gasteiger partial charge in [-0.15, -0.1) is 0 Å². The summed E-state index contributed by atoms with van der Waals surface area (Å²) in [5, 5.41) is 16.5. The maximum atomic E-state index is 13.6. The Kier molecular flexibility index (Phi) is 8.64. The lowest BCUT2D eigenvalue weighted by atomic mass is 9.98. The zero-order valence-electron chi connectivity index (χ0n) is 27.0. The molecule has 0 spiro atoms. The van der Waals surface area contributed by atoms with Gasteiger partial charge in [-0.05, 0) is 92.0 Å². The van der Waals surface area contributed by atoms with Gasteiger partial charge in [-0.3, -0.25) is 9.69 Å². The second-order valence-electron chi connectivity index (χ2n) is 12.6. The van der Waals surface area contributed by atoms with Crippen LogP contribution in [0.4, 0.5) is 5.69 Å². The van der Waals surface area contributed by atoms with Gasteiger partial charge < -0.3 is 20.0 Å². The first-order chi connectivity index (χ1) is 23.0. The van der Waals surface area contributed by atoms with E-state index in [4.69, 9.17) is 4.99 Å². The predicted molar refractivity (Wildman–Crippen MR) is 191 cm³/mol. The molecule has 1 saturated heterocycles. The Morgan fingerprint density at radius 2 is 1.72 bits per heavy atom. The van der Waals surface area contributed by atoms with Crippen molar-refractivity contribution in [2.24, 2.45) is 12.0 Å². The number of rotatable bonds is 9. The Labute approximate surface area is 275 Å². The van der Waals surface area contributed by atoms with Crippen LogP contribution >= 0.6 is 0 Å². The number of piperidine rings is 1. The van der Waals surface area contributed by atoms with Crippen LogP contribution < -0.4 is 5.32 Å². The summed E-state index contributed by atoms with van der Waals surface area (Å²) in [6.45, 7) is 5.21. The Hall–Kier alpha value is -5.14. The highest BCUT2D eigenvalue weighted by Crippen LogP contribution is 2.34. The molecule has 238 valence electrons. The summed E-state index contributed by atoms with van der Waals surface area (Å²) in [7, 11) is 2.03. The average molecular weight is 624 g/mol. The van der Waals surface area contributed by atoms with Crippen molar-refractivity contribution in [1.29, 1.82) is 0 Å². The number of hydrogen-bond donors (Lipinski definition) is 3. The standard InChI is InChI=1S/C40H41N5O2/c1-3-34(28-12-6-4-7-13-28)42-39(46)31-15-17-35-33(25-31)37(40(47)43-35)38(30-16-18-36-29(24-30)19-22-44(36)2)41-32-14-10-11-27(23-32)26-45-20-8-5-9-21-45/h4,6-7,10-19,22-25,34,43,47H,3,5,8-9,20-21,26H2,1-2H3,(H,42,46)/t34-/m1/s1. The van der Waals surface area contributed by atoms with Crippen LogP contribution in [-0.4, -0.2) is 44.3 Å². The molecule has 1 atom stereocenters. The molecule has 1 fully saturated rings. The largest absolute Gasteiger partial charge is 0.494 e. The van der Waals surface area contributed by atoms with Gasteiger partial charge in [0.05, 0.1) is 23.0 Å². The fraction of sp³-hybridized carbons (Fsp3) is 0.250. The first-order valence-corrected chi connectivity index (χ1v) is 16.6. The minimum atomic E-state index is -0.163. The number of aliphatic imine (C=N–C) groups is 1. The smallest absolute Gasteiger partial charge is 0.251 e. The molecule has 0 aliphatic carbocycles. The number of benzene rings is 4. The summed E-state index contributed by atoms with van der Waals surface area (Å²) >= 11 is 0. The Bertz CT molecular complexity index is 2070. The third kappa shape index (κ3) is 6.44. The van der Waals surface area contributed by atoms with Crippen molar-refractivity contribution in [1.82, 2.24) is 19.8 Å². The average Bonchev–Trinajstić information content (AvgIpc) is 3.64. The van der Waals surface area contributed by atoms with E-state index >= 15 is 0 Å². The van der Waals surface area contributed by atoms with Gasteiger partial charge in [0.25, 0.3) is 5.91 Å². The Balaban J connectivity index is 1.31. The number of nitrogens with one attached hydrogen (secondary N) is 2. The molecule has 7 rings (SSSR count). The Morgan fingerprint density at radius 1 is 0.915 bits per heavy atom. The quantitative estimate of drug-likeness (QED) is 0.141. The SMILES string of the molecule is CC[C@@H](NC(=O)c1ccc2[nH]c(O)c(C(=Nc3cccc(CN4CCCCC4)c3)c3ccc4c(ccn4C)c3)c2c1)c1ccccc1. The van der Waals surface area contributed by atoms with Gasteiger partial charge in [0.1, 0.15) is 0 Å². The minimum Gasteiger partial charge on any atom is -0.494 e. The van der Waals surface area contributed by atoms with Crippen LogP contribution in [0.25, 0.3) is 21.8 Å². The fourth-order valence-electron chi connectivity index (χ4n) is 6.83. The van der Waals surface area contributed by atoms with E-state index in [9.17, 15) is 9.90 Å². The van der Waals surface area contributed by atoms with Crippen molar-refractivity contribution in [3.63, 3.8) is 0 Å². The fourth-order valence-corrected chi connectivity index (χ4v) is 6.83. The number of aryl methyl sites for hydroxylation is 1. The number of nitrogens with zero attached hydrogens (tertiary/aromatic N) is 3. The predicted octanol–water partition coefficient (Wildman–Crippen LogP) is 8.40. The Morgan fingerprint density at radius 3 is 2.53 bits per heavy atom. The molecule has 0 bridgehead atoms. The zero-order valence-corrected chi connectivity index (χ0v) is 27.0. The van der Waals surface area contributed by atoms with Crippen molar-refractivity contribution in [3.05, 3.63) is 131 Å². The van der Waals surface area contributed by atoms with Crippen molar-refractivity contribution < 1.29 is 9.90 Å². The highest BCUT2D eigenvalue weighted by atomic mass is 16.3. The van der Waals surface area contributed by atoms with Gasteiger partial charge in [0.15, 0.2) is 5.88 Å². The van der Waals surface area contributed by atoms with Gasteiger partial charge in [0.2, 0.25) is 0 Å². The van der Waals surface area contributed by atoms with E-state index in [0.29, 0.717) is 16.8 Å². The summed E-state index contributed by atoms with van der Waals surface area (Å²) < 4.78 is 2.09. The summed E-state index contributed by atoms with van der Waals surface area (Å²) in [6, 6.07) is 32.2.